The lowest BCUT2D eigenvalue weighted by atomic mass is 10.1. The number of carbonyl (C=O) groups excluding carboxylic acids is 1. The first-order valence-electron chi connectivity index (χ1n) is 19.8. The molecule has 0 unspecified atom stereocenters. The number of rotatable bonds is 21. The highest BCUT2D eigenvalue weighted by atomic mass is 16.5. The third-order valence-corrected chi connectivity index (χ3v) is 9.80. The number of piperazine rings is 1. The number of pyridine rings is 1. The number of esters is 1. The molecule has 3 heterocycles. The summed E-state index contributed by atoms with van der Waals surface area (Å²) in [7, 11) is 0. The monoisotopic (exact) mass is 704 g/mol. The number of aromatic nitrogens is 1. The molecule has 0 bridgehead atoms. The van der Waals surface area contributed by atoms with Gasteiger partial charge in [0.15, 0.2) is 6.73 Å². The Bertz CT molecular complexity index is 1620. The second kappa shape index (κ2) is 22.5. The van der Waals surface area contributed by atoms with Crippen molar-refractivity contribution in [2.75, 3.05) is 62.4 Å². The molecule has 2 aliphatic heterocycles. The minimum atomic E-state index is -0.139. The van der Waals surface area contributed by atoms with Crippen LogP contribution in [0.5, 0.6) is 5.88 Å². The molecule has 1 saturated heterocycles. The maximum Gasteiger partial charge on any atom is 0.307 e. The number of benzene rings is 2. The number of nitrogens with zero attached hydrogens (tertiary/aromatic N) is 4. The minimum absolute atomic E-state index is 0.139. The molecule has 1 aromatic heterocycles. The van der Waals surface area contributed by atoms with Crippen LogP contribution in [-0.4, -0.2) is 68.5 Å². The highest BCUT2D eigenvalue weighted by Gasteiger charge is 2.21. The van der Waals surface area contributed by atoms with E-state index in [1.54, 1.807) is 0 Å². The molecule has 0 radical (unpaired) electrons. The van der Waals surface area contributed by atoms with Gasteiger partial charge < -0.3 is 19.3 Å². The SMILES string of the molecule is CC/C=C\C/C=C\C/C=C\C/C=C\CCCCC(=O)OCN1CCCc2ccc(OCCCCN3CCN(c4cccc5ccccc45)CC3)nc21. The second-order valence-corrected chi connectivity index (χ2v) is 13.8. The molecule has 5 rings (SSSR count). The van der Waals surface area contributed by atoms with Gasteiger partial charge in [0.05, 0.1) is 6.61 Å². The summed E-state index contributed by atoms with van der Waals surface area (Å²) < 4.78 is 11.8. The molecule has 0 amide bonds. The van der Waals surface area contributed by atoms with E-state index in [0.29, 0.717) is 18.9 Å². The molecule has 3 aromatic rings. The van der Waals surface area contributed by atoms with Gasteiger partial charge in [-0.1, -0.05) is 91.9 Å². The van der Waals surface area contributed by atoms with Crippen LogP contribution in [0.4, 0.5) is 11.5 Å². The van der Waals surface area contributed by atoms with Crippen LogP contribution >= 0.6 is 0 Å². The fourth-order valence-corrected chi connectivity index (χ4v) is 6.86. The van der Waals surface area contributed by atoms with Crippen molar-refractivity contribution in [3.05, 3.63) is 109 Å². The predicted octanol–water partition coefficient (Wildman–Crippen LogP) is 9.83. The van der Waals surface area contributed by atoms with Crippen LogP contribution in [0, 0.1) is 0 Å². The minimum Gasteiger partial charge on any atom is -0.478 e. The van der Waals surface area contributed by atoms with E-state index in [-0.39, 0.29) is 12.7 Å². The fraction of sp³-hybridized carbons (Fsp3) is 0.467. The number of aryl methyl sites for hydroxylation is 1. The molecule has 0 saturated carbocycles. The van der Waals surface area contributed by atoms with Gasteiger partial charge in [0.25, 0.3) is 0 Å². The molecule has 0 N–H and O–H groups in total. The maximum atomic E-state index is 12.5. The molecule has 278 valence electrons. The van der Waals surface area contributed by atoms with Crippen LogP contribution in [0.2, 0.25) is 0 Å². The first-order valence-corrected chi connectivity index (χ1v) is 19.8. The molecular weight excluding hydrogens is 645 g/mol. The summed E-state index contributed by atoms with van der Waals surface area (Å²) in [5, 5.41) is 2.65. The largest absolute Gasteiger partial charge is 0.478 e. The van der Waals surface area contributed by atoms with Gasteiger partial charge in [-0.05, 0) is 100 Å². The van der Waals surface area contributed by atoms with Crippen molar-refractivity contribution in [2.24, 2.45) is 0 Å². The highest BCUT2D eigenvalue weighted by Crippen LogP contribution is 2.29. The Morgan fingerprint density at radius 2 is 1.52 bits per heavy atom. The summed E-state index contributed by atoms with van der Waals surface area (Å²) in [5.41, 5.74) is 2.54. The van der Waals surface area contributed by atoms with Crippen molar-refractivity contribution in [3.8, 4) is 5.88 Å². The third-order valence-electron chi connectivity index (χ3n) is 9.80. The molecule has 7 heteroatoms. The van der Waals surface area contributed by atoms with Gasteiger partial charge in [0.2, 0.25) is 5.88 Å². The molecule has 2 aliphatic rings. The van der Waals surface area contributed by atoms with Crippen molar-refractivity contribution >= 4 is 28.2 Å². The quantitative estimate of drug-likeness (QED) is 0.0622. The summed E-state index contributed by atoms with van der Waals surface area (Å²) in [6.07, 6.45) is 29.1. The average Bonchev–Trinajstić information content (AvgIpc) is 3.18. The van der Waals surface area contributed by atoms with E-state index in [0.717, 1.165) is 116 Å². The molecule has 0 spiro atoms. The van der Waals surface area contributed by atoms with Gasteiger partial charge in [-0.2, -0.15) is 4.98 Å². The topological polar surface area (TPSA) is 58.1 Å². The Morgan fingerprint density at radius 3 is 2.33 bits per heavy atom. The Hall–Kier alpha value is -4.36. The zero-order valence-electron chi connectivity index (χ0n) is 31.5. The summed E-state index contributed by atoms with van der Waals surface area (Å²) >= 11 is 0. The smallest absolute Gasteiger partial charge is 0.307 e. The number of unbranched alkanes of at least 4 members (excludes halogenated alkanes) is 3. The van der Waals surface area contributed by atoms with E-state index in [4.69, 9.17) is 14.5 Å². The fourth-order valence-electron chi connectivity index (χ4n) is 6.86. The molecule has 0 atom stereocenters. The van der Waals surface area contributed by atoms with Crippen molar-refractivity contribution < 1.29 is 14.3 Å². The molecule has 7 nitrogen and oxygen atoms in total. The van der Waals surface area contributed by atoms with E-state index in [1.807, 2.05) is 6.07 Å². The summed E-state index contributed by atoms with van der Waals surface area (Å²) in [5.74, 6) is 1.40. The second-order valence-electron chi connectivity index (χ2n) is 13.8. The van der Waals surface area contributed by atoms with E-state index >= 15 is 0 Å². The van der Waals surface area contributed by atoms with Gasteiger partial charge >= 0.3 is 5.97 Å². The number of hydrogen-bond acceptors (Lipinski definition) is 7. The first kappa shape index (κ1) is 38.9. The van der Waals surface area contributed by atoms with E-state index in [1.165, 1.54) is 22.0 Å². The Kier molecular flexibility index (Phi) is 16.9. The average molecular weight is 705 g/mol. The van der Waals surface area contributed by atoms with Crippen LogP contribution in [0.3, 0.4) is 0 Å². The molecule has 1 fully saturated rings. The number of hydrogen-bond donors (Lipinski definition) is 0. The van der Waals surface area contributed by atoms with Crippen molar-refractivity contribution in [3.63, 3.8) is 0 Å². The zero-order valence-corrected chi connectivity index (χ0v) is 31.5. The van der Waals surface area contributed by atoms with Crippen LogP contribution in [0.1, 0.15) is 83.1 Å². The van der Waals surface area contributed by atoms with E-state index in [9.17, 15) is 4.79 Å². The van der Waals surface area contributed by atoms with Gasteiger partial charge in [0, 0.05) is 56.3 Å². The lowest BCUT2D eigenvalue weighted by molar-refractivity contribution is -0.143. The highest BCUT2D eigenvalue weighted by molar-refractivity contribution is 5.94. The van der Waals surface area contributed by atoms with Gasteiger partial charge in [0.1, 0.15) is 5.82 Å². The molecule has 52 heavy (non-hydrogen) atoms. The standard InChI is InChI=1S/C45H60N4O3/c1-2-3-4-5-6-7-8-9-10-11-12-13-14-15-16-28-44(50)52-38-49-32-22-25-40-29-30-43(46-45(40)49)51-37-20-19-31-47-33-35-48(36-34-47)42-27-21-24-39-23-17-18-26-41(39)42/h3-4,6-7,9-10,12-13,17-18,21,23-24,26-27,29-30H,2,5,8,11,14-16,19-20,22,25,28,31-38H2,1H3/b4-3-,7-6-,10-9-,13-12-. The van der Waals surface area contributed by atoms with Crippen molar-refractivity contribution in [1.82, 2.24) is 9.88 Å². The zero-order chi connectivity index (χ0) is 36.1. The molecule has 0 aliphatic carbocycles. The van der Waals surface area contributed by atoms with Gasteiger partial charge in [-0.15, -0.1) is 0 Å². The summed E-state index contributed by atoms with van der Waals surface area (Å²) in [4.78, 5) is 24.5. The summed E-state index contributed by atoms with van der Waals surface area (Å²) in [6, 6.07) is 19.4. The molecular formula is C45H60N4O3. The Balaban J connectivity index is 0.921. The third kappa shape index (κ3) is 13.0. The van der Waals surface area contributed by atoms with Crippen LogP contribution in [0.15, 0.2) is 103 Å². The maximum absolute atomic E-state index is 12.5. The van der Waals surface area contributed by atoms with E-state index < -0.39 is 0 Å². The Morgan fingerprint density at radius 1 is 0.769 bits per heavy atom. The molecule has 2 aromatic carbocycles. The van der Waals surface area contributed by atoms with Crippen molar-refractivity contribution in [1.29, 1.82) is 0 Å². The number of carbonyl (C=O) groups is 1. The van der Waals surface area contributed by atoms with Crippen LogP contribution in [-0.2, 0) is 16.0 Å². The lowest BCUT2D eigenvalue weighted by Crippen LogP contribution is -2.46. The number of allylic oxidation sites excluding steroid dienone is 8. The number of ether oxygens (including phenoxy) is 2. The van der Waals surface area contributed by atoms with Gasteiger partial charge in [-0.25, -0.2) is 0 Å². The Labute approximate surface area is 312 Å². The van der Waals surface area contributed by atoms with Gasteiger partial charge in [-0.3, -0.25) is 9.69 Å². The predicted molar refractivity (Wildman–Crippen MR) is 217 cm³/mol. The lowest BCUT2D eigenvalue weighted by Gasteiger charge is -2.36. The first-order chi connectivity index (χ1) is 25.7. The number of anilines is 2. The summed E-state index contributed by atoms with van der Waals surface area (Å²) in [6.45, 7) is 9.26. The van der Waals surface area contributed by atoms with E-state index in [2.05, 4.69) is 119 Å². The van der Waals surface area contributed by atoms with Crippen molar-refractivity contribution in [2.45, 2.75) is 84.0 Å². The van der Waals surface area contributed by atoms with Crippen LogP contribution < -0.4 is 14.5 Å². The number of fused-ring (bicyclic) bond motifs is 2. The normalized spacial score (nSPS) is 15.5. The van der Waals surface area contributed by atoms with Crippen LogP contribution in [0.25, 0.3) is 10.8 Å².